The Morgan fingerprint density at radius 3 is 1.96 bits per heavy atom. The predicted molar refractivity (Wildman–Crippen MR) is 98.8 cm³/mol. The summed E-state index contributed by atoms with van der Waals surface area (Å²) < 4.78 is 0. The summed E-state index contributed by atoms with van der Waals surface area (Å²) in [6.07, 6.45) is 3.64. The molecule has 2 amide bonds. The molecule has 0 atom stereocenters. The third-order valence-electron chi connectivity index (χ3n) is 4.94. The Morgan fingerprint density at radius 1 is 0.880 bits per heavy atom. The summed E-state index contributed by atoms with van der Waals surface area (Å²) in [5.74, 6) is 0.259. The molecule has 0 saturated heterocycles. The van der Waals surface area contributed by atoms with Gasteiger partial charge in [-0.1, -0.05) is 23.7 Å². The van der Waals surface area contributed by atoms with Crippen LogP contribution in [-0.4, -0.2) is 11.8 Å². The fraction of sp³-hybridized carbons (Fsp3) is 0.300. The van der Waals surface area contributed by atoms with E-state index in [-0.39, 0.29) is 17.7 Å². The van der Waals surface area contributed by atoms with Gasteiger partial charge >= 0.3 is 0 Å². The van der Waals surface area contributed by atoms with Crippen LogP contribution in [0.5, 0.6) is 0 Å². The maximum atomic E-state index is 12.7. The summed E-state index contributed by atoms with van der Waals surface area (Å²) in [7, 11) is 0. The molecule has 4 nitrogen and oxygen atoms in total. The van der Waals surface area contributed by atoms with Crippen LogP contribution in [0, 0.1) is 5.92 Å². The van der Waals surface area contributed by atoms with E-state index in [1.54, 1.807) is 0 Å². The molecule has 0 spiro atoms. The minimum atomic E-state index is -0.441. The van der Waals surface area contributed by atoms with E-state index >= 15 is 0 Å². The number of nitrogens with one attached hydrogen (secondary N) is 2. The van der Waals surface area contributed by atoms with Crippen LogP contribution in [0.2, 0.25) is 5.02 Å². The minimum absolute atomic E-state index is 0.00425. The van der Waals surface area contributed by atoms with Crippen molar-refractivity contribution in [1.82, 2.24) is 0 Å². The van der Waals surface area contributed by atoms with Crippen molar-refractivity contribution in [3.05, 3.63) is 59.1 Å². The third kappa shape index (κ3) is 3.40. The zero-order valence-electron chi connectivity index (χ0n) is 13.7. The molecule has 2 aromatic carbocycles. The van der Waals surface area contributed by atoms with Gasteiger partial charge in [0.05, 0.1) is 5.41 Å². The van der Waals surface area contributed by atoms with Gasteiger partial charge in [-0.2, -0.15) is 0 Å². The lowest BCUT2D eigenvalue weighted by molar-refractivity contribution is -0.118. The van der Waals surface area contributed by atoms with Gasteiger partial charge in [-0.3, -0.25) is 9.59 Å². The molecule has 0 unspecified atom stereocenters. The lowest BCUT2D eigenvalue weighted by Gasteiger charge is -2.16. The van der Waals surface area contributed by atoms with E-state index in [2.05, 4.69) is 10.6 Å². The number of rotatable bonds is 5. The van der Waals surface area contributed by atoms with E-state index in [9.17, 15) is 9.59 Å². The third-order valence-corrected chi connectivity index (χ3v) is 5.19. The molecule has 2 aliphatic rings. The van der Waals surface area contributed by atoms with Crippen LogP contribution in [-0.2, 0) is 15.0 Å². The van der Waals surface area contributed by atoms with E-state index in [0.717, 1.165) is 42.6 Å². The lowest BCUT2D eigenvalue weighted by Crippen LogP contribution is -2.27. The zero-order valence-corrected chi connectivity index (χ0v) is 14.5. The second-order valence-corrected chi connectivity index (χ2v) is 7.32. The van der Waals surface area contributed by atoms with Gasteiger partial charge in [-0.25, -0.2) is 0 Å². The Hall–Kier alpha value is -2.33. The summed E-state index contributed by atoms with van der Waals surface area (Å²) in [5, 5.41) is 6.55. The van der Waals surface area contributed by atoms with Crippen molar-refractivity contribution in [2.24, 2.45) is 5.92 Å². The Labute approximate surface area is 151 Å². The number of carbonyl (C=O) groups is 2. The summed E-state index contributed by atoms with van der Waals surface area (Å²) >= 11 is 5.94. The maximum Gasteiger partial charge on any atom is 0.235 e. The SMILES string of the molecule is O=C(Nc1ccc(NC(=O)C2(c3ccc(Cl)cc3)CC2)cc1)C1CC1. The smallest absolute Gasteiger partial charge is 0.235 e. The van der Waals surface area contributed by atoms with Crippen molar-refractivity contribution in [3.63, 3.8) is 0 Å². The Kier molecular flexibility index (Phi) is 4.00. The van der Waals surface area contributed by atoms with Crippen LogP contribution >= 0.6 is 11.6 Å². The van der Waals surface area contributed by atoms with Crippen molar-refractivity contribution in [2.75, 3.05) is 10.6 Å². The summed E-state index contributed by atoms with van der Waals surface area (Å²) in [5.41, 5.74) is 2.05. The summed E-state index contributed by atoms with van der Waals surface area (Å²) in [6, 6.07) is 14.8. The standard InChI is InChI=1S/C20H19ClN2O2/c21-15-5-3-14(4-6-15)20(11-12-20)19(25)23-17-9-7-16(8-10-17)22-18(24)13-1-2-13/h3-10,13H,1-2,11-12H2,(H,22,24)(H,23,25). The second-order valence-electron chi connectivity index (χ2n) is 6.88. The fourth-order valence-electron chi connectivity index (χ4n) is 3.02. The molecule has 2 aliphatic carbocycles. The van der Waals surface area contributed by atoms with Gasteiger partial charge in [0.2, 0.25) is 11.8 Å². The van der Waals surface area contributed by atoms with E-state index < -0.39 is 5.41 Å². The molecule has 5 heteroatoms. The number of amides is 2. The van der Waals surface area contributed by atoms with Gasteiger partial charge in [0, 0.05) is 22.3 Å². The number of anilines is 2. The van der Waals surface area contributed by atoms with Gasteiger partial charge in [-0.15, -0.1) is 0 Å². The highest BCUT2D eigenvalue weighted by Gasteiger charge is 2.51. The van der Waals surface area contributed by atoms with Crippen LogP contribution in [0.4, 0.5) is 11.4 Å². The molecule has 0 heterocycles. The number of hydrogen-bond acceptors (Lipinski definition) is 2. The molecule has 25 heavy (non-hydrogen) atoms. The zero-order chi connectivity index (χ0) is 17.4. The van der Waals surface area contributed by atoms with Crippen molar-refractivity contribution >= 4 is 34.8 Å². The van der Waals surface area contributed by atoms with Crippen molar-refractivity contribution in [3.8, 4) is 0 Å². The van der Waals surface area contributed by atoms with E-state index in [4.69, 9.17) is 11.6 Å². The van der Waals surface area contributed by atoms with Crippen LogP contribution < -0.4 is 10.6 Å². The summed E-state index contributed by atoms with van der Waals surface area (Å²) in [6.45, 7) is 0. The van der Waals surface area contributed by atoms with E-state index in [1.807, 2.05) is 48.5 Å². The molecule has 0 bridgehead atoms. The molecule has 0 aromatic heterocycles. The molecular formula is C20H19ClN2O2. The Bertz CT molecular complexity index is 807. The van der Waals surface area contributed by atoms with Gasteiger partial charge < -0.3 is 10.6 Å². The normalized spacial score (nSPS) is 17.6. The molecule has 128 valence electrons. The van der Waals surface area contributed by atoms with Crippen molar-refractivity contribution < 1.29 is 9.59 Å². The molecule has 0 radical (unpaired) electrons. The molecule has 2 aromatic rings. The van der Waals surface area contributed by atoms with Crippen LogP contribution in [0.3, 0.4) is 0 Å². The lowest BCUT2D eigenvalue weighted by atomic mass is 9.95. The number of benzene rings is 2. The maximum absolute atomic E-state index is 12.7. The van der Waals surface area contributed by atoms with Gasteiger partial charge in [0.25, 0.3) is 0 Å². The average molecular weight is 355 g/mol. The van der Waals surface area contributed by atoms with Crippen LogP contribution in [0.1, 0.15) is 31.2 Å². The van der Waals surface area contributed by atoms with Gasteiger partial charge in [0.15, 0.2) is 0 Å². The van der Waals surface area contributed by atoms with Crippen LogP contribution in [0.15, 0.2) is 48.5 Å². The van der Waals surface area contributed by atoms with Gasteiger partial charge in [0.1, 0.15) is 0 Å². The van der Waals surface area contributed by atoms with E-state index in [0.29, 0.717) is 5.02 Å². The number of hydrogen-bond donors (Lipinski definition) is 2. The molecular weight excluding hydrogens is 336 g/mol. The first-order valence-corrected chi connectivity index (χ1v) is 8.93. The Balaban J connectivity index is 1.42. The average Bonchev–Trinajstić information content (AvgIpc) is 3.49. The number of carbonyl (C=O) groups excluding carboxylic acids is 2. The topological polar surface area (TPSA) is 58.2 Å². The minimum Gasteiger partial charge on any atom is -0.326 e. The molecule has 0 aliphatic heterocycles. The second kappa shape index (κ2) is 6.19. The Morgan fingerprint density at radius 2 is 1.44 bits per heavy atom. The van der Waals surface area contributed by atoms with Crippen molar-refractivity contribution in [2.45, 2.75) is 31.1 Å². The first-order chi connectivity index (χ1) is 12.1. The predicted octanol–water partition coefficient (Wildman–Crippen LogP) is 4.36. The first-order valence-electron chi connectivity index (χ1n) is 8.55. The fourth-order valence-corrected chi connectivity index (χ4v) is 3.14. The number of halogens is 1. The van der Waals surface area contributed by atoms with Crippen LogP contribution in [0.25, 0.3) is 0 Å². The summed E-state index contributed by atoms with van der Waals surface area (Å²) in [4.78, 5) is 24.5. The highest BCUT2D eigenvalue weighted by molar-refractivity contribution is 6.30. The largest absolute Gasteiger partial charge is 0.326 e. The monoisotopic (exact) mass is 354 g/mol. The highest BCUT2D eigenvalue weighted by atomic mass is 35.5. The van der Waals surface area contributed by atoms with E-state index in [1.165, 1.54) is 0 Å². The molecule has 2 fully saturated rings. The first kappa shape index (κ1) is 16.2. The highest BCUT2D eigenvalue weighted by Crippen LogP contribution is 2.49. The molecule has 4 rings (SSSR count). The molecule has 2 saturated carbocycles. The van der Waals surface area contributed by atoms with Gasteiger partial charge in [-0.05, 0) is 67.6 Å². The molecule has 2 N–H and O–H groups in total. The van der Waals surface area contributed by atoms with Crippen molar-refractivity contribution in [1.29, 1.82) is 0 Å². The quantitative estimate of drug-likeness (QED) is 0.838.